The van der Waals surface area contributed by atoms with E-state index in [-0.39, 0.29) is 36.8 Å². The number of nitrogens with one attached hydrogen (secondary N) is 4. The van der Waals surface area contributed by atoms with Crippen molar-refractivity contribution in [2.75, 3.05) is 57.9 Å². The van der Waals surface area contributed by atoms with Gasteiger partial charge < -0.3 is 32.5 Å². The molecule has 4 N–H and O–H groups in total. The Hall–Kier alpha value is -2.65. The third kappa shape index (κ3) is 22.8. The van der Waals surface area contributed by atoms with Gasteiger partial charge >= 0.3 is 11.4 Å². The molecule has 0 radical (unpaired) electrons. The summed E-state index contributed by atoms with van der Waals surface area (Å²) in [6, 6.07) is 8.23. The third-order valence-corrected chi connectivity index (χ3v) is 19.9. The van der Waals surface area contributed by atoms with Crippen LogP contribution in [-0.2, 0) is 52.6 Å². The average molecular weight is 1310 g/mol. The van der Waals surface area contributed by atoms with Gasteiger partial charge in [-0.3, -0.25) is 28.7 Å². The SMILES string of the molecule is CC(C)N(C(C)C)P(OCCC#N)N(C(C)C)C(C)C.CNS(=O)(=O)C[C@H]1O[C@@H](n2ccc(=O)[nH]c2=O)[C@H](OC)[C@@H]1C.CNS(=O)(=O)C[C@H]1O[C@@H](n2ccc(=O)[nH]c2=O)[C@H](OC)[C@@H]1OP(OCCC#N)N(C(C)C)C(C)C.[2H]CI. The van der Waals surface area contributed by atoms with Gasteiger partial charge in [0.1, 0.15) is 24.4 Å². The van der Waals surface area contributed by atoms with E-state index < -0.39 is 108 Å². The van der Waals surface area contributed by atoms with Gasteiger partial charge in [0.05, 0.1) is 55.8 Å². The van der Waals surface area contributed by atoms with Gasteiger partial charge in [-0.1, -0.05) is 29.5 Å². The van der Waals surface area contributed by atoms with E-state index in [0.717, 1.165) is 10.6 Å². The second-order valence-electron chi connectivity index (χ2n) is 19.6. The number of rotatable bonds is 27. The van der Waals surface area contributed by atoms with Gasteiger partial charge in [0, 0.05) is 82.3 Å². The maximum atomic E-state index is 12.5. The van der Waals surface area contributed by atoms with E-state index >= 15 is 0 Å². The summed E-state index contributed by atoms with van der Waals surface area (Å²) in [4.78, 5) is 51.8. The van der Waals surface area contributed by atoms with Gasteiger partial charge in [-0.05, 0) is 102 Å². The van der Waals surface area contributed by atoms with Crippen molar-refractivity contribution in [2.45, 2.75) is 182 Å². The number of H-pyrrole nitrogens is 2. The van der Waals surface area contributed by atoms with E-state index in [2.05, 4.69) is 90.2 Å². The summed E-state index contributed by atoms with van der Waals surface area (Å²) in [5.74, 6) is -0.955. The molecule has 2 aliphatic heterocycles. The van der Waals surface area contributed by atoms with Crippen LogP contribution in [0.1, 0.15) is 117 Å². The van der Waals surface area contributed by atoms with Crippen molar-refractivity contribution < 1.29 is 50.7 Å². The predicted molar refractivity (Wildman–Crippen MR) is 314 cm³/mol. The molecule has 79 heavy (non-hydrogen) atoms. The fourth-order valence-electron chi connectivity index (χ4n) is 8.70. The smallest absolute Gasteiger partial charge is 0.330 e. The first-order valence-corrected chi connectivity index (χ1v) is 32.8. The fourth-order valence-corrected chi connectivity index (χ4v) is 14.7. The van der Waals surface area contributed by atoms with Crippen molar-refractivity contribution in [1.29, 1.82) is 10.5 Å². The second kappa shape index (κ2) is 36.1. The minimum Gasteiger partial charge on any atom is -0.376 e. The Kier molecular flexibility index (Phi) is 33.1. The van der Waals surface area contributed by atoms with Crippen molar-refractivity contribution in [3.8, 4) is 12.1 Å². The zero-order valence-electron chi connectivity index (χ0n) is 49.7. The average Bonchev–Trinajstić information content (AvgIpc) is 3.84. The maximum Gasteiger partial charge on any atom is 0.330 e. The Morgan fingerprint density at radius 2 is 1.04 bits per heavy atom. The summed E-state index contributed by atoms with van der Waals surface area (Å²) < 4.78 is 109. The molecule has 0 bridgehead atoms. The number of hydrogen-bond donors (Lipinski definition) is 4. The summed E-state index contributed by atoms with van der Waals surface area (Å²) in [7, 11) is -4.35. The molecule has 2 aromatic rings. The van der Waals surface area contributed by atoms with Crippen LogP contribution in [0.4, 0.5) is 0 Å². The van der Waals surface area contributed by atoms with E-state index in [0.29, 0.717) is 42.1 Å². The molecule has 0 saturated carbocycles. The fraction of sp³-hybridized carbons (Fsp3) is 0.792. The number of sulfonamides is 2. The number of methoxy groups -OCH3 is 2. The van der Waals surface area contributed by atoms with E-state index in [9.17, 15) is 36.0 Å². The first-order valence-electron chi connectivity index (χ1n) is 26.4. The van der Waals surface area contributed by atoms with E-state index in [1.807, 2.05) is 61.0 Å². The maximum absolute atomic E-state index is 12.5. The number of aromatic amines is 2. The number of halogens is 1. The molecular formula is C48H88IN11O15P2S2. The lowest BCUT2D eigenvalue weighted by molar-refractivity contribution is -0.0507. The molecule has 454 valence electrons. The lowest BCUT2D eigenvalue weighted by atomic mass is 10.0. The molecule has 2 aromatic heterocycles. The molecule has 2 aliphatic rings. The standard InChI is InChI=1S/C20H34N5O8PS.C15H32N3OP.C12H19N3O6S.CH3I/c1-13(2)25(14(3)4)34(31-11-7-9-21)33-17-15(12-35(28,29)22-5)32-19(18(17)30-6)24-10-8-16(26)23-20(24)27;1-12(2)17(13(3)4)20(19-11-9-10-16)18(14(5)6)15(7)8;1-7-8(6-22(18,19)13-2)21-11(10(7)20-3)15-5-4-9(16)14-12(15)17;1-2/h8,10,13-15,17-19,22H,7,11-12H2,1-6H3,(H,23,26,27);12-15H,9,11H2,1-8H3;4-5,7-8,10-11,13H,6H2,1-3H3,(H,14,16,17);1H3/t15-,17-,18-,19-,34?;;7-,8-,10-,11-;/m1.1./s1/i;;;1D. The summed E-state index contributed by atoms with van der Waals surface area (Å²) >= 11 is 1.96. The monoisotopic (exact) mass is 1310 g/mol. The third-order valence-electron chi connectivity index (χ3n) is 12.0. The Bertz CT molecular complexity index is 2650. The Morgan fingerprint density at radius 1 is 0.671 bits per heavy atom. The number of alkyl halides is 1. The van der Waals surface area contributed by atoms with Gasteiger partial charge in [-0.15, -0.1) is 0 Å². The summed E-state index contributed by atoms with van der Waals surface area (Å²) in [6.07, 6.45) is -2.78. The molecule has 9 atom stereocenters. The van der Waals surface area contributed by atoms with Crippen molar-refractivity contribution in [3.63, 3.8) is 0 Å². The molecule has 2 fully saturated rings. The molecule has 4 heterocycles. The van der Waals surface area contributed by atoms with Crippen molar-refractivity contribution in [1.82, 2.24) is 42.6 Å². The lowest BCUT2D eigenvalue weighted by Crippen LogP contribution is -2.43. The summed E-state index contributed by atoms with van der Waals surface area (Å²) in [5.41, 5.74) is -2.47. The highest BCUT2D eigenvalue weighted by Gasteiger charge is 2.51. The quantitative estimate of drug-likeness (QED) is 0.0407. The lowest BCUT2D eigenvalue weighted by Gasteiger charge is -2.45. The van der Waals surface area contributed by atoms with Gasteiger partial charge in [0.15, 0.2) is 20.9 Å². The minimum atomic E-state index is -3.75. The van der Waals surface area contributed by atoms with Crippen LogP contribution in [0.3, 0.4) is 0 Å². The second-order valence-corrected chi connectivity index (χ2v) is 26.7. The van der Waals surface area contributed by atoms with Gasteiger partial charge in [-0.25, -0.2) is 49.9 Å². The number of aromatic nitrogens is 4. The van der Waals surface area contributed by atoms with Crippen molar-refractivity contribution >= 4 is 59.6 Å². The minimum absolute atomic E-state index is 0.00335. The molecular weight excluding hydrogens is 1220 g/mol. The first-order chi connectivity index (χ1) is 37.4. The zero-order valence-corrected chi connectivity index (χ0v) is 54.3. The van der Waals surface area contributed by atoms with E-state index in [1.54, 1.807) is 6.92 Å². The van der Waals surface area contributed by atoms with Crippen LogP contribution >= 0.6 is 39.6 Å². The molecule has 2 saturated heterocycles. The highest BCUT2D eigenvalue weighted by molar-refractivity contribution is 14.1. The van der Waals surface area contributed by atoms with Gasteiger partial charge in [0.2, 0.25) is 20.0 Å². The molecule has 4 rings (SSSR count). The Labute approximate surface area is 485 Å². The molecule has 26 nitrogen and oxygen atoms in total. The van der Waals surface area contributed by atoms with Gasteiger partial charge in [0.25, 0.3) is 19.6 Å². The van der Waals surface area contributed by atoms with Crippen LogP contribution < -0.4 is 31.9 Å². The largest absolute Gasteiger partial charge is 0.376 e. The zero-order chi connectivity index (χ0) is 61.4. The van der Waals surface area contributed by atoms with Crippen molar-refractivity contribution in [3.05, 3.63) is 66.2 Å². The Balaban J connectivity index is 0.000000616. The predicted octanol–water partition coefficient (Wildman–Crippen LogP) is 4.73. The molecule has 0 aromatic carbocycles. The number of nitriles is 2. The number of hydrogen-bond acceptors (Lipinski definition) is 20. The van der Waals surface area contributed by atoms with Crippen LogP contribution in [-0.4, -0.2) is 175 Å². The summed E-state index contributed by atoms with van der Waals surface area (Å²) in [5, 5.41) is 17.7. The number of nitrogens with zero attached hydrogens (tertiary/aromatic N) is 7. The van der Waals surface area contributed by atoms with Crippen LogP contribution in [0.2, 0.25) is 0 Å². The molecule has 0 amide bonds. The highest BCUT2D eigenvalue weighted by atomic mass is 127. The topological polar surface area (TPSA) is 324 Å². The number of ether oxygens (including phenoxy) is 4. The summed E-state index contributed by atoms with van der Waals surface area (Å²) in [6.45, 7) is 28.0. The Morgan fingerprint density at radius 3 is 1.39 bits per heavy atom. The van der Waals surface area contributed by atoms with Crippen LogP contribution in [0.5, 0.6) is 0 Å². The first kappa shape index (κ1) is 72.5. The molecule has 31 heteroatoms. The van der Waals surface area contributed by atoms with Crippen LogP contribution in [0.15, 0.2) is 43.7 Å². The molecule has 0 aliphatic carbocycles. The van der Waals surface area contributed by atoms with Crippen LogP contribution in [0.25, 0.3) is 0 Å². The van der Waals surface area contributed by atoms with E-state index in [1.165, 1.54) is 51.3 Å². The van der Waals surface area contributed by atoms with Crippen LogP contribution in [0, 0.1) is 28.6 Å². The van der Waals surface area contributed by atoms with Gasteiger partial charge in [-0.2, -0.15) is 10.5 Å². The molecule has 1 unspecified atom stereocenters. The van der Waals surface area contributed by atoms with Crippen molar-refractivity contribution in [2.24, 2.45) is 5.92 Å². The molecule has 0 spiro atoms. The van der Waals surface area contributed by atoms with E-state index in [4.69, 9.17) is 44.4 Å². The normalized spacial score (nSPS) is 22.0. The highest BCUT2D eigenvalue weighted by Crippen LogP contribution is 2.52.